The highest BCUT2D eigenvalue weighted by atomic mass is 32.3. The van der Waals surface area contributed by atoms with Crippen molar-refractivity contribution in [2.45, 2.75) is 90.6 Å². The van der Waals surface area contributed by atoms with Gasteiger partial charge in [-0.3, -0.25) is 9.54 Å². The number of hydrogen-bond acceptors (Lipinski definition) is 4. The molecule has 5 rings (SSSR count). The van der Waals surface area contributed by atoms with Crippen LogP contribution in [0.2, 0.25) is 0 Å². The monoisotopic (exact) mass is 449 g/mol. The molecule has 0 unspecified atom stereocenters. The Morgan fingerprint density at radius 1 is 0.903 bits per heavy atom. The van der Waals surface area contributed by atoms with Crippen LogP contribution in [0.25, 0.3) is 0 Å². The largest absolute Gasteiger partial charge is 0.397 e. The third-order valence-corrected chi connectivity index (χ3v) is 9.99. The SMILES string of the molecule is C[C@@]12CCCC[C@H]1[C@@H]1CC[C@@H]3C[C@H](OS(=O)(=O)O)CC[C@]3(C)[C@H]1CC2.c1ccncc1. The second kappa shape index (κ2) is 9.11. The van der Waals surface area contributed by atoms with Crippen molar-refractivity contribution in [2.75, 3.05) is 0 Å². The van der Waals surface area contributed by atoms with E-state index in [-0.39, 0.29) is 6.10 Å². The maximum atomic E-state index is 11.1. The normalized spacial score (nSPS) is 42.2. The second-order valence-electron chi connectivity index (χ2n) is 11.0. The Hall–Kier alpha value is -0.980. The molecule has 6 heteroatoms. The molecule has 1 N–H and O–H groups in total. The van der Waals surface area contributed by atoms with Crippen LogP contribution in [0.1, 0.15) is 84.5 Å². The van der Waals surface area contributed by atoms with Crippen LogP contribution >= 0.6 is 0 Å². The first-order valence-electron chi connectivity index (χ1n) is 12.2. The predicted octanol–water partition coefficient (Wildman–Crippen LogP) is 6.08. The van der Waals surface area contributed by atoms with Gasteiger partial charge in [0.1, 0.15) is 0 Å². The molecular formula is C25H39NO4S. The van der Waals surface area contributed by atoms with E-state index in [0.717, 1.165) is 37.0 Å². The summed E-state index contributed by atoms with van der Waals surface area (Å²) in [6.07, 6.45) is 16.7. The molecule has 1 aromatic heterocycles. The van der Waals surface area contributed by atoms with Crippen LogP contribution in [0.3, 0.4) is 0 Å². The quantitative estimate of drug-likeness (QED) is 0.554. The van der Waals surface area contributed by atoms with Gasteiger partial charge in [0.2, 0.25) is 0 Å². The van der Waals surface area contributed by atoms with Crippen molar-refractivity contribution in [3.8, 4) is 0 Å². The first-order chi connectivity index (χ1) is 14.7. The van der Waals surface area contributed by atoms with Gasteiger partial charge >= 0.3 is 10.4 Å². The highest BCUT2D eigenvalue weighted by molar-refractivity contribution is 7.80. The lowest BCUT2D eigenvalue weighted by Gasteiger charge is -2.62. The molecule has 0 saturated heterocycles. The van der Waals surface area contributed by atoms with E-state index in [1.165, 1.54) is 51.4 Å². The van der Waals surface area contributed by atoms with Crippen LogP contribution < -0.4 is 0 Å². The summed E-state index contributed by atoms with van der Waals surface area (Å²) in [7, 11) is -4.33. The van der Waals surface area contributed by atoms with Crippen molar-refractivity contribution >= 4 is 10.4 Å². The zero-order chi connectivity index (χ0) is 22.1. The molecule has 1 aromatic rings. The summed E-state index contributed by atoms with van der Waals surface area (Å²) in [6.45, 7) is 5.03. The molecule has 4 aliphatic rings. The van der Waals surface area contributed by atoms with Crippen LogP contribution in [0, 0.1) is 34.5 Å². The number of nitrogens with zero attached hydrogens (tertiary/aromatic N) is 1. The van der Waals surface area contributed by atoms with Gasteiger partial charge in [0.15, 0.2) is 0 Å². The van der Waals surface area contributed by atoms with Gasteiger partial charge < -0.3 is 0 Å². The molecule has 4 fully saturated rings. The van der Waals surface area contributed by atoms with Crippen molar-refractivity contribution in [2.24, 2.45) is 34.5 Å². The summed E-state index contributed by atoms with van der Waals surface area (Å²) >= 11 is 0. The van der Waals surface area contributed by atoms with Crippen LogP contribution in [0.15, 0.2) is 30.6 Å². The third-order valence-electron chi connectivity index (χ3n) is 9.47. The van der Waals surface area contributed by atoms with Gasteiger partial charge in [0.05, 0.1) is 6.10 Å². The maximum absolute atomic E-state index is 11.1. The van der Waals surface area contributed by atoms with E-state index in [4.69, 9.17) is 8.74 Å². The molecule has 4 aliphatic carbocycles. The molecule has 0 bridgehead atoms. The van der Waals surface area contributed by atoms with Gasteiger partial charge in [-0.1, -0.05) is 32.8 Å². The maximum Gasteiger partial charge on any atom is 0.397 e. The summed E-state index contributed by atoms with van der Waals surface area (Å²) in [4.78, 5) is 3.78. The Labute approximate surface area is 188 Å². The first kappa shape index (κ1) is 23.2. The molecule has 7 atom stereocenters. The number of aromatic nitrogens is 1. The van der Waals surface area contributed by atoms with E-state index < -0.39 is 10.4 Å². The predicted molar refractivity (Wildman–Crippen MR) is 122 cm³/mol. The molecule has 174 valence electrons. The van der Waals surface area contributed by atoms with Crippen LogP contribution in [-0.2, 0) is 14.6 Å². The van der Waals surface area contributed by atoms with E-state index in [1.54, 1.807) is 12.4 Å². The average Bonchev–Trinajstić information content (AvgIpc) is 2.74. The summed E-state index contributed by atoms with van der Waals surface area (Å²) < 4.78 is 36.2. The van der Waals surface area contributed by atoms with E-state index >= 15 is 0 Å². The molecule has 4 saturated carbocycles. The highest BCUT2D eigenvalue weighted by Gasteiger charge is 2.57. The molecule has 0 spiro atoms. The standard InChI is InChI=1S/C20H34O4S.C5H5N/c1-19-10-4-3-5-17(19)16-7-6-14-13-15(24-25(21,22)23)8-12-20(14,2)18(16)9-11-19;1-2-4-6-5-3-1/h14-18H,3-13H2,1-2H3,(H,21,22,23);1-5H/t14-,15-,16+,17+,18+,19+,20+;/m1./s1. The summed E-state index contributed by atoms with van der Waals surface area (Å²) in [5.74, 6) is 3.13. The van der Waals surface area contributed by atoms with Gasteiger partial charge in [0.25, 0.3) is 0 Å². The minimum Gasteiger partial charge on any atom is -0.265 e. The highest BCUT2D eigenvalue weighted by Crippen LogP contribution is 2.65. The molecule has 0 aromatic carbocycles. The van der Waals surface area contributed by atoms with Crippen molar-refractivity contribution < 1.29 is 17.2 Å². The topological polar surface area (TPSA) is 76.5 Å². The Kier molecular flexibility index (Phi) is 6.81. The summed E-state index contributed by atoms with van der Waals surface area (Å²) in [5.41, 5.74) is 0.911. The summed E-state index contributed by atoms with van der Waals surface area (Å²) in [6, 6.07) is 5.72. The Bertz CT molecular complexity index is 804. The van der Waals surface area contributed by atoms with Crippen molar-refractivity contribution in [1.29, 1.82) is 0 Å². The molecule has 5 nitrogen and oxygen atoms in total. The van der Waals surface area contributed by atoms with Gasteiger partial charge in [0, 0.05) is 12.4 Å². The van der Waals surface area contributed by atoms with E-state index in [1.807, 2.05) is 18.2 Å². The lowest BCUT2D eigenvalue weighted by Crippen LogP contribution is -2.55. The number of pyridine rings is 1. The number of hydrogen-bond donors (Lipinski definition) is 1. The van der Waals surface area contributed by atoms with E-state index in [9.17, 15) is 8.42 Å². The third kappa shape index (κ3) is 5.01. The lowest BCUT2D eigenvalue weighted by atomic mass is 9.43. The second-order valence-corrected chi connectivity index (χ2v) is 12.1. The minimum absolute atomic E-state index is 0.326. The van der Waals surface area contributed by atoms with Crippen molar-refractivity contribution in [1.82, 2.24) is 4.98 Å². The van der Waals surface area contributed by atoms with Crippen molar-refractivity contribution in [3.63, 3.8) is 0 Å². The van der Waals surface area contributed by atoms with Crippen LogP contribution in [-0.4, -0.2) is 24.1 Å². The van der Waals surface area contributed by atoms with Crippen molar-refractivity contribution in [3.05, 3.63) is 30.6 Å². The van der Waals surface area contributed by atoms with Gasteiger partial charge in [-0.05, 0) is 104 Å². The molecule has 0 aliphatic heterocycles. The zero-order valence-corrected chi connectivity index (χ0v) is 19.9. The molecule has 1 heterocycles. The first-order valence-corrected chi connectivity index (χ1v) is 13.6. The fraction of sp³-hybridized carbons (Fsp3) is 0.800. The van der Waals surface area contributed by atoms with Gasteiger partial charge in [-0.15, -0.1) is 0 Å². The molecule has 0 amide bonds. The molecule has 0 radical (unpaired) electrons. The smallest absolute Gasteiger partial charge is 0.265 e. The van der Waals surface area contributed by atoms with Crippen LogP contribution in [0.4, 0.5) is 0 Å². The van der Waals surface area contributed by atoms with E-state index in [0.29, 0.717) is 16.7 Å². The summed E-state index contributed by atoms with van der Waals surface area (Å²) in [5, 5.41) is 0. The Morgan fingerprint density at radius 2 is 1.68 bits per heavy atom. The number of rotatable bonds is 2. The fourth-order valence-electron chi connectivity index (χ4n) is 7.95. The molecular weight excluding hydrogens is 410 g/mol. The number of fused-ring (bicyclic) bond motifs is 5. The van der Waals surface area contributed by atoms with Gasteiger partial charge in [-0.25, -0.2) is 4.18 Å². The molecule has 31 heavy (non-hydrogen) atoms. The Morgan fingerprint density at radius 3 is 2.32 bits per heavy atom. The average molecular weight is 450 g/mol. The minimum atomic E-state index is -4.33. The van der Waals surface area contributed by atoms with Gasteiger partial charge in [-0.2, -0.15) is 8.42 Å². The lowest BCUT2D eigenvalue weighted by molar-refractivity contribution is -0.134. The van der Waals surface area contributed by atoms with E-state index in [2.05, 4.69) is 18.8 Å². The van der Waals surface area contributed by atoms with Crippen LogP contribution in [0.5, 0.6) is 0 Å². The zero-order valence-electron chi connectivity index (χ0n) is 19.1. The fourth-order valence-corrected chi connectivity index (χ4v) is 8.47. The Balaban J connectivity index is 0.000000334.